The lowest BCUT2D eigenvalue weighted by atomic mass is 10.2. The van der Waals surface area contributed by atoms with E-state index in [0.717, 1.165) is 51.4 Å². The highest BCUT2D eigenvalue weighted by Gasteiger charge is 2.28. The van der Waals surface area contributed by atoms with E-state index in [0.29, 0.717) is 13.2 Å². The van der Waals surface area contributed by atoms with Crippen LogP contribution in [0, 0.1) is 0 Å². The van der Waals surface area contributed by atoms with Crippen LogP contribution in [0.3, 0.4) is 0 Å². The molecule has 0 bridgehead atoms. The third-order valence-corrected chi connectivity index (χ3v) is 4.97. The monoisotopic (exact) mass is 441 g/mol. The van der Waals surface area contributed by atoms with Crippen LogP contribution in [0.25, 0.3) is 0 Å². The Morgan fingerprint density at radius 2 is 1.52 bits per heavy atom. The second kappa shape index (κ2) is 15.8. The van der Waals surface area contributed by atoms with Crippen LogP contribution >= 0.6 is 0 Å². The average molecular weight is 442 g/mol. The second-order valence-corrected chi connectivity index (χ2v) is 8.81. The zero-order valence-corrected chi connectivity index (χ0v) is 18.8. The molecule has 0 rings (SSSR count). The molecule has 0 aromatic heterocycles. The number of amides is 1. The van der Waals surface area contributed by atoms with Crippen molar-refractivity contribution in [1.82, 2.24) is 5.32 Å². The Labute approximate surface area is 175 Å². The molecule has 3 N–H and O–H groups in total. The van der Waals surface area contributed by atoms with Crippen LogP contribution in [0.15, 0.2) is 0 Å². The van der Waals surface area contributed by atoms with Crippen molar-refractivity contribution >= 4 is 16.2 Å². The summed E-state index contributed by atoms with van der Waals surface area (Å²) in [6.45, 7) is 6.44. The van der Waals surface area contributed by atoms with Crippen molar-refractivity contribution in [2.24, 2.45) is 0 Å². The van der Waals surface area contributed by atoms with Crippen LogP contribution in [-0.2, 0) is 24.3 Å². The van der Waals surface area contributed by atoms with Gasteiger partial charge in [0, 0.05) is 6.54 Å². The molecule has 0 aromatic rings. The molecular formula is C19H39NO8S. The van der Waals surface area contributed by atoms with Gasteiger partial charge < -0.3 is 24.6 Å². The van der Waals surface area contributed by atoms with Crippen LogP contribution in [0.4, 0.5) is 4.79 Å². The lowest BCUT2D eigenvalue weighted by Crippen LogP contribution is -2.42. The van der Waals surface area contributed by atoms with Gasteiger partial charge >= 0.3 is 6.09 Å². The van der Waals surface area contributed by atoms with E-state index in [1.54, 1.807) is 6.92 Å². The van der Waals surface area contributed by atoms with Crippen molar-refractivity contribution in [3.63, 3.8) is 0 Å². The van der Waals surface area contributed by atoms with Crippen molar-refractivity contribution < 1.29 is 37.1 Å². The number of ether oxygens (including phenoxy) is 3. The molecule has 0 aromatic carbocycles. The van der Waals surface area contributed by atoms with Gasteiger partial charge in [-0.1, -0.05) is 52.4 Å². The fourth-order valence-corrected chi connectivity index (χ4v) is 3.11. The summed E-state index contributed by atoms with van der Waals surface area (Å²) >= 11 is 0. The number of hydrogen-bond acceptors (Lipinski definition) is 7. The molecule has 0 aliphatic rings. The molecule has 0 saturated carbocycles. The Morgan fingerprint density at radius 1 is 1.00 bits per heavy atom. The number of carbonyl (C=O) groups is 1. The van der Waals surface area contributed by atoms with E-state index in [-0.39, 0.29) is 13.2 Å². The molecule has 9 nitrogen and oxygen atoms in total. The summed E-state index contributed by atoms with van der Waals surface area (Å²) in [5.74, 6) is -1.95. The number of aliphatic hydroxyl groups excluding tert-OH is 1. The van der Waals surface area contributed by atoms with Crippen molar-refractivity contribution in [2.45, 2.75) is 84.0 Å². The van der Waals surface area contributed by atoms with E-state index in [4.69, 9.17) is 18.8 Å². The largest absolute Gasteiger partial charge is 0.444 e. The molecule has 1 atom stereocenters. The first-order valence-corrected chi connectivity index (χ1v) is 12.0. The number of unbranched alkanes of at least 4 members (excludes halogenated alkanes) is 6. The van der Waals surface area contributed by atoms with Gasteiger partial charge in [-0.3, -0.25) is 4.55 Å². The van der Waals surface area contributed by atoms with Gasteiger partial charge in [-0.2, -0.15) is 8.42 Å². The van der Waals surface area contributed by atoms with Crippen molar-refractivity contribution in [3.05, 3.63) is 0 Å². The molecule has 10 heteroatoms. The number of aliphatic hydroxyl groups is 1. The molecule has 0 fully saturated rings. The van der Waals surface area contributed by atoms with Crippen LogP contribution < -0.4 is 5.32 Å². The van der Waals surface area contributed by atoms with Gasteiger partial charge in [0.25, 0.3) is 10.1 Å². The van der Waals surface area contributed by atoms with Crippen molar-refractivity contribution in [3.8, 4) is 0 Å². The lowest BCUT2D eigenvalue weighted by Gasteiger charge is -2.29. The molecule has 0 radical (unpaired) electrons. The fraction of sp³-hybridized carbons (Fsp3) is 0.947. The van der Waals surface area contributed by atoms with Crippen LogP contribution in [0.1, 0.15) is 72.1 Å². The topological polar surface area (TPSA) is 131 Å². The molecule has 0 heterocycles. The predicted molar refractivity (Wildman–Crippen MR) is 110 cm³/mol. The Morgan fingerprint density at radius 3 is 1.97 bits per heavy atom. The number of alkyl carbamates (subject to hydrolysis) is 1. The Hall–Kier alpha value is -0.940. The van der Waals surface area contributed by atoms with Crippen LogP contribution in [0.5, 0.6) is 0 Å². The molecule has 1 amide bonds. The minimum atomic E-state index is -4.32. The summed E-state index contributed by atoms with van der Waals surface area (Å²) in [6.07, 6.45) is 6.10. The highest BCUT2D eigenvalue weighted by Crippen LogP contribution is 2.16. The first kappa shape index (κ1) is 28.1. The second-order valence-electron chi connectivity index (χ2n) is 7.31. The molecule has 0 aliphatic heterocycles. The summed E-state index contributed by atoms with van der Waals surface area (Å²) in [5, 5.41) is 11.7. The van der Waals surface area contributed by atoms with E-state index in [1.165, 1.54) is 0 Å². The molecule has 1 unspecified atom stereocenters. The maximum absolute atomic E-state index is 11.8. The third kappa shape index (κ3) is 17.6. The molecule has 0 aliphatic carbocycles. The van der Waals surface area contributed by atoms with Crippen LogP contribution in [-0.4, -0.2) is 68.2 Å². The smallest absolute Gasteiger partial charge is 0.407 e. The predicted octanol–water partition coefficient (Wildman–Crippen LogP) is 2.87. The lowest BCUT2D eigenvalue weighted by molar-refractivity contribution is -0.243. The first-order chi connectivity index (χ1) is 13.6. The zero-order valence-electron chi connectivity index (χ0n) is 18.0. The number of hydrogen-bond donors (Lipinski definition) is 3. The molecule has 29 heavy (non-hydrogen) atoms. The quantitative estimate of drug-likeness (QED) is 0.168. The highest BCUT2D eigenvalue weighted by atomic mass is 32.2. The normalized spacial score (nSPS) is 13.3. The SMILES string of the molecule is CCCCCCOC(C)(COC(=O)NCC(O)CS(=O)(=O)O)OCCCCCC. The van der Waals surface area contributed by atoms with Crippen molar-refractivity contribution in [2.75, 3.05) is 32.1 Å². The Bertz CT molecular complexity index is 512. The molecular weight excluding hydrogens is 402 g/mol. The summed E-state index contributed by atoms with van der Waals surface area (Å²) in [7, 11) is -4.32. The van der Waals surface area contributed by atoms with Gasteiger partial charge in [0.15, 0.2) is 5.79 Å². The van der Waals surface area contributed by atoms with E-state index in [9.17, 15) is 18.3 Å². The first-order valence-electron chi connectivity index (χ1n) is 10.4. The average Bonchev–Trinajstić information content (AvgIpc) is 2.63. The molecule has 0 spiro atoms. The Kier molecular flexibility index (Phi) is 15.3. The summed E-state index contributed by atoms with van der Waals surface area (Å²) < 4.78 is 46.9. The summed E-state index contributed by atoms with van der Waals surface area (Å²) in [4.78, 5) is 11.8. The number of nitrogens with one attached hydrogen (secondary N) is 1. The van der Waals surface area contributed by atoms with Gasteiger partial charge in [-0.15, -0.1) is 0 Å². The fourth-order valence-electron chi connectivity index (χ4n) is 2.51. The minimum absolute atomic E-state index is 0.144. The highest BCUT2D eigenvalue weighted by molar-refractivity contribution is 7.85. The van der Waals surface area contributed by atoms with Gasteiger partial charge in [0.2, 0.25) is 0 Å². The maximum Gasteiger partial charge on any atom is 0.407 e. The van der Waals surface area contributed by atoms with E-state index < -0.39 is 33.9 Å². The van der Waals surface area contributed by atoms with Gasteiger partial charge in [-0.05, 0) is 19.8 Å². The van der Waals surface area contributed by atoms with Gasteiger partial charge in [-0.25, -0.2) is 4.79 Å². The Balaban J connectivity index is 4.41. The van der Waals surface area contributed by atoms with Gasteiger partial charge in [0.1, 0.15) is 12.4 Å². The summed E-state index contributed by atoms with van der Waals surface area (Å²) in [6, 6.07) is 0. The van der Waals surface area contributed by atoms with Gasteiger partial charge in [0.05, 0.1) is 19.3 Å². The van der Waals surface area contributed by atoms with E-state index >= 15 is 0 Å². The molecule has 174 valence electrons. The molecule has 0 saturated heterocycles. The maximum atomic E-state index is 11.8. The third-order valence-electron chi connectivity index (χ3n) is 4.16. The van der Waals surface area contributed by atoms with Crippen LogP contribution in [0.2, 0.25) is 0 Å². The van der Waals surface area contributed by atoms with Crippen molar-refractivity contribution in [1.29, 1.82) is 0 Å². The zero-order chi connectivity index (χ0) is 22.2. The summed E-state index contributed by atoms with van der Waals surface area (Å²) in [5.41, 5.74) is 0. The standard InChI is InChI=1S/C19H39NO8S/c1-4-6-8-10-12-27-19(3,28-13-11-9-7-5-2)16-26-18(22)20-14-17(21)15-29(23,24)25/h17,21H,4-16H2,1-3H3,(H,20,22)(H,23,24,25). The number of rotatable bonds is 18. The van der Waals surface area contributed by atoms with E-state index in [1.807, 2.05) is 0 Å². The van der Waals surface area contributed by atoms with E-state index in [2.05, 4.69) is 19.2 Å². The number of carbonyl (C=O) groups excluding carboxylic acids is 1. The minimum Gasteiger partial charge on any atom is -0.444 e.